The highest BCUT2D eigenvalue weighted by Crippen LogP contribution is 2.28. The summed E-state index contributed by atoms with van der Waals surface area (Å²) in [6.07, 6.45) is 0.413. The van der Waals surface area contributed by atoms with E-state index in [1.54, 1.807) is 6.07 Å². The number of Topliss-reactive ketones (excluding diaryl/α,β-unsaturated/α-hetero) is 1. The van der Waals surface area contributed by atoms with Crippen molar-refractivity contribution >= 4 is 34.3 Å². The van der Waals surface area contributed by atoms with Crippen molar-refractivity contribution in [2.75, 3.05) is 13.6 Å². The van der Waals surface area contributed by atoms with Crippen LogP contribution in [-0.4, -0.2) is 47.6 Å². The van der Waals surface area contributed by atoms with E-state index in [-0.39, 0.29) is 38.8 Å². The van der Waals surface area contributed by atoms with Crippen LogP contribution in [0.4, 0.5) is 0 Å². The van der Waals surface area contributed by atoms with Crippen LogP contribution in [0.5, 0.6) is 0 Å². The van der Waals surface area contributed by atoms with Crippen molar-refractivity contribution in [2.45, 2.75) is 44.2 Å². The van der Waals surface area contributed by atoms with E-state index >= 15 is 0 Å². The van der Waals surface area contributed by atoms with Gasteiger partial charge in [-0.2, -0.15) is 0 Å². The van der Waals surface area contributed by atoms with Crippen molar-refractivity contribution < 1.29 is 23.9 Å². The molecule has 4 aromatic carbocycles. The van der Waals surface area contributed by atoms with Crippen LogP contribution in [0.1, 0.15) is 52.7 Å². The molecule has 0 radical (unpaired) electrons. The minimum atomic E-state index is -1.99. The fraction of sp³-hybridized carbons (Fsp3) is 0.257. The number of benzene rings is 4. The molecule has 0 aliphatic carbocycles. The number of primary amides is 1. The van der Waals surface area contributed by atoms with E-state index in [1.807, 2.05) is 91.0 Å². The number of ether oxygens (including phenoxy) is 1. The standard InChI is InChI=1S/C35H37N3O5/c1-38(20-18-31(36)39)34(42)35(37,19-10-17-32(40)43-24-26-13-6-3-7-14-26)33(41)30-23-28-16-9-8-15-27(28)22-29(30)21-25-11-4-2-5-12-25/h2-9,11-16,22-23H,10,17-21,24,37H2,1H3,(H2,36,39)/t35-/m0/s1. The molecule has 222 valence electrons. The van der Waals surface area contributed by atoms with Crippen molar-refractivity contribution in [1.29, 1.82) is 0 Å². The number of hydrogen-bond acceptors (Lipinski definition) is 6. The molecule has 0 spiro atoms. The van der Waals surface area contributed by atoms with Crippen LogP contribution < -0.4 is 11.5 Å². The Kier molecular flexibility index (Phi) is 10.4. The van der Waals surface area contributed by atoms with Crippen molar-refractivity contribution in [3.8, 4) is 0 Å². The number of esters is 1. The largest absolute Gasteiger partial charge is 0.461 e. The number of fused-ring (bicyclic) bond motifs is 1. The van der Waals surface area contributed by atoms with Crippen LogP contribution in [0.15, 0.2) is 97.1 Å². The number of rotatable bonds is 14. The number of nitrogens with zero attached hydrogens (tertiary/aromatic N) is 1. The number of hydrogen-bond donors (Lipinski definition) is 2. The predicted molar refractivity (Wildman–Crippen MR) is 166 cm³/mol. The fourth-order valence-electron chi connectivity index (χ4n) is 5.06. The van der Waals surface area contributed by atoms with E-state index in [1.165, 1.54) is 11.9 Å². The van der Waals surface area contributed by atoms with Crippen molar-refractivity contribution in [1.82, 2.24) is 4.90 Å². The maximum Gasteiger partial charge on any atom is 0.306 e. The first kappa shape index (κ1) is 31.1. The summed E-state index contributed by atoms with van der Waals surface area (Å²) in [5.74, 6) is -2.22. The van der Waals surface area contributed by atoms with Crippen molar-refractivity contribution in [3.63, 3.8) is 0 Å². The molecule has 0 aliphatic heterocycles. The quantitative estimate of drug-likeness (QED) is 0.128. The summed E-state index contributed by atoms with van der Waals surface area (Å²) in [5, 5.41) is 1.79. The Morgan fingerprint density at radius 3 is 2.00 bits per heavy atom. The topological polar surface area (TPSA) is 133 Å². The lowest BCUT2D eigenvalue weighted by Gasteiger charge is -2.32. The van der Waals surface area contributed by atoms with Gasteiger partial charge < -0.3 is 21.1 Å². The maximum atomic E-state index is 14.4. The van der Waals surface area contributed by atoms with Gasteiger partial charge in [-0.15, -0.1) is 0 Å². The van der Waals surface area contributed by atoms with Gasteiger partial charge in [0.05, 0.1) is 0 Å². The van der Waals surface area contributed by atoms with Gasteiger partial charge in [0.15, 0.2) is 11.3 Å². The molecule has 4 aromatic rings. The van der Waals surface area contributed by atoms with E-state index in [2.05, 4.69) is 0 Å². The molecular formula is C35H37N3O5. The van der Waals surface area contributed by atoms with Gasteiger partial charge in [-0.05, 0) is 52.8 Å². The van der Waals surface area contributed by atoms with Crippen LogP contribution in [0.2, 0.25) is 0 Å². The second-order valence-electron chi connectivity index (χ2n) is 10.8. The second kappa shape index (κ2) is 14.4. The number of carbonyl (C=O) groups is 4. The molecule has 0 heterocycles. The third kappa shape index (κ3) is 8.14. The van der Waals surface area contributed by atoms with Gasteiger partial charge in [0, 0.05) is 32.0 Å². The molecule has 4 rings (SSSR count). The summed E-state index contributed by atoms with van der Waals surface area (Å²) >= 11 is 0. The van der Waals surface area contributed by atoms with Crippen LogP contribution in [-0.2, 0) is 32.1 Å². The lowest BCUT2D eigenvalue weighted by molar-refractivity contribution is -0.145. The predicted octanol–water partition coefficient (Wildman–Crippen LogP) is 4.56. The zero-order valence-electron chi connectivity index (χ0n) is 24.3. The van der Waals surface area contributed by atoms with Crippen molar-refractivity contribution in [2.24, 2.45) is 11.5 Å². The van der Waals surface area contributed by atoms with Crippen molar-refractivity contribution in [3.05, 3.63) is 119 Å². The highest BCUT2D eigenvalue weighted by Gasteiger charge is 2.44. The smallest absolute Gasteiger partial charge is 0.306 e. The Balaban J connectivity index is 1.62. The third-order valence-corrected chi connectivity index (χ3v) is 7.48. The lowest BCUT2D eigenvalue weighted by Crippen LogP contribution is -2.60. The van der Waals surface area contributed by atoms with Gasteiger partial charge in [-0.25, -0.2) is 0 Å². The summed E-state index contributed by atoms with van der Waals surface area (Å²) in [4.78, 5) is 53.4. The number of carbonyl (C=O) groups excluding carboxylic acids is 4. The molecule has 0 fully saturated rings. The maximum absolute atomic E-state index is 14.4. The molecule has 2 amide bonds. The first-order valence-electron chi connectivity index (χ1n) is 14.3. The fourth-order valence-corrected chi connectivity index (χ4v) is 5.06. The Morgan fingerprint density at radius 2 is 1.37 bits per heavy atom. The molecule has 0 unspecified atom stereocenters. The molecular weight excluding hydrogens is 542 g/mol. The Morgan fingerprint density at radius 1 is 0.791 bits per heavy atom. The van der Waals surface area contributed by atoms with Crippen LogP contribution in [0, 0.1) is 0 Å². The molecule has 0 aliphatic rings. The average molecular weight is 580 g/mol. The zero-order valence-corrected chi connectivity index (χ0v) is 24.3. The van der Waals surface area contributed by atoms with E-state index in [0.717, 1.165) is 27.5 Å². The highest BCUT2D eigenvalue weighted by atomic mass is 16.5. The molecule has 1 atom stereocenters. The first-order valence-corrected chi connectivity index (χ1v) is 14.3. The van der Waals surface area contributed by atoms with E-state index in [9.17, 15) is 19.2 Å². The third-order valence-electron chi connectivity index (χ3n) is 7.48. The summed E-state index contributed by atoms with van der Waals surface area (Å²) in [5.41, 5.74) is 13.0. The minimum absolute atomic E-state index is 0.00804. The van der Waals surface area contributed by atoms with Gasteiger partial charge in [0.1, 0.15) is 6.61 Å². The second-order valence-corrected chi connectivity index (χ2v) is 10.8. The Labute approximate surface area is 251 Å². The molecule has 4 N–H and O–H groups in total. The van der Waals surface area contributed by atoms with Crippen LogP contribution >= 0.6 is 0 Å². The van der Waals surface area contributed by atoms with Gasteiger partial charge in [0.25, 0.3) is 5.91 Å². The molecule has 0 bridgehead atoms. The molecule has 43 heavy (non-hydrogen) atoms. The lowest BCUT2D eigenvalue weighted by atomic mass is 9.81. The zero-order chi connectivity index (χ0) is 30.8. The summed E-state index contributed by atoms with van der Waals surface area (Å²) in [7, 11) is 1.49. The highest BCUT2D eigenvalue weighted by molar-refractivity contribution is 6.19. The van der Waals surface area contributed by atoms with Gasteiger partial charge in [-0.3, -0.25) is 19.2 Å². The SMILES string of the molecule is CN(CCC(N)=O)C(=O)[C@](N)(CCCC(=O)OCc1ccccc1)C(=O)c1cc2ccccc2cc1Cc1ccccc1. The monoisotopic (exact) mass is 579 g/mol. The number of likely N-dealkylation sites (N-methyl/N-ethyl adjacent to an activating group) is 1. The summed E-state index contributed by atoms with van der Waals surface area (Å²) in [6, 6.07) is 30.5. The van der Waals surface area contributed by atoms with Crippen LogP contribution in [0.25, 0.3) is 10.8 Å². The van der Waals surface area contributed by atoms with Gasteiger partial charge in [-0.1, -0.05) is 91.0 Å². The molecule has 0 aromatic heterocycles. The number of ketones is 1. The molecule has 0 saturated carbocycles. The van der Waals surface area contributed by atoms with E-state index in [0.29, 0.717) is 12.0 Å². The average Bonchev–Trinajstić information content (AvgIpc) is 3.02. The molecule has 8 nitrogen and oxygen atoms in total. The van der Waals surface area contributed by atoms with Gasteiger partial charge in [0.2, 0.25) is 5.91 Å². The minimum Gasteiger partial charge on any atom is -0.461 e. The van der Waals surface area contributed by atoms with Gasteiger partial charge >= 0.3 is 5.97 Å². The number of nitrogens with two attached hydrogens (primary N) is 2. The van der Waals surface area contributed by atoms with E-state index in [4.69, 9.17) is 16.2 Å². The Hall–Kier alpha value is -4.82. The Bertz CT molecular complexity index is 1590. The number of amides is 2. The first-order chi connectivity index (χ1) is 20.7. The molecule has 0 saturated heterocycles. The molecule has 8 heteroatoms. The summed E-state index contributed by atoms with van der Waals surface area (Å²) in [6.45, 7) is 0.134. The summed E-state index contributed by atoms with van der Waals surface area (Å²) < 4.78 is 5.38. The normalized spacial score (nSPS) is 12.3. The van der Waals surface area contributed by atoms with E-state index < -0.39 is 29.1 Å². The van der Waals surface area contributed by atoms with Crippen LogP contribution in [0.3, 0.4) is 0 Å².